The summed E-state index contributed by atoms with van der Waals surface area (Å²) in [5, 5.41) is 4.15. The summed E-state index contributed by atoms with van der Waals surface area (Å²) in [7, 11) is 0. The molecule has 0 unspecified atom stereocenters. The molecule has 0 amide bonds. The standard InChI is InChI=1S/C22H15FN4/c23-17-5-7-19-20(13-17)26-21(15-8-10-24-11-9-15)27-22(19)25-18-6-4-14-2-1-3-16(14)12-18/h1,3-13H,2H2,(H,25,26,27). The van der Waals surface area contributed by atoms with Gasteiger partial charge in [0.05, 0.1) is 5.52 Å². The molecule has 2 heterocycles. The summed E-state index contributed by atoms with van der Waals surface area (Å²) in [5.41, 5.74) is 4.84. The molecule has 0 fully saturated rings. The van der Waals surface area contributed by atoms with Crippen LogP contribution < -0.4 is 5.32 Å². The zero-order valence-corrected chi connectivity index (χ0v) is 14.4. The van der Waals surface area contributed by atoms with Crippen molar-refractivity contribution in [3.63, 3.8) is 0 Å². The number of rotatable bonds is 3. The second kappa shape index (κ2) is 6.29. The van der Waals surface area contributed by atoms with Crippen LogP contribution in [-0.4, -0.2) is 15.0 Å². The van der Waals surface area contributed by atoms with E-state index >= 15 is 0 Å². The average molecular weight is 354 g/mol. The minimum atomic E-state index is -0.324. The van der Waals surface area contributed by atoms with Gasteiger partial charge in [0.2, 0.25) is 0 Å². The SMILES string of the molecule is Fc1ccc2c(Nc3ccc4c(c3)C=CC4)nc(-c3ccncc3)nc2c1. The number of nitrogens with one attached hydrogen (secondary N) is 1. The summed E-state index contributed by atoms with van der Waals surface area (Å²) >= 11 is 0. The Labute approximate surface area is 155 Å². The molecule has 1 aliphatic carbocycles. The third-order valence-corrected chi connectivity index (χ3v) is 4.64. The van der Waals surface area contributed by atoms with E-state index in [1.54, 1.807) is 18.5 Å². The first-order chi connectivity index (χ1) is 13.3. The van der Waals surface area contributed by atoms with Crippen molar-refractivity contribution in [1.82, 2.24) is 15.0 Å². The number of aromatic nitrogens is 3. The van der Waals surface area contributed by atoms with Gasteiger partial charge in [-0.3, -0.25) is 4.98 Å². The second-order valence-corrected chi connectivity index (χ2v) is 6.44. The minimum absolute atomic E-state index is 0.324. The summed E-state index contributed by atoms with van der Waals surface area (Å²) in [4.78, 5) is 13.3. The van der Waals surface area contributed by atoms with Crippen molar-refractivity contribution in [3.8, 4) is 11.4 Å². The third-order valence-electron chi connectivity index (χ3n) is 4.64. The van der Waals surface area contributed by atoms with E-state index in [0.29, 0.717) is 17.2 Å². The van der Waals surface area contributed by atoms with Crippen LogP contribution in [0.15, 0.2) is 67.0 Å². The Kier molecular flexibility index (Phi) is 3.64. The zero-order valence-electron chi connectivity index (χ0n) is 14.4. The largest absolute Gasteiger partial charge is 0.340 e. The van der Waals surface area contributed by atoms with Crippen LogP contribution in [0.25, 0.3) is 28.4 Å². The highest BCUT2D eigenvalue weighted by Gasteiger charge is 2.12. The molecule has 0 saturated heterocycles. The van der Waals surface area contributed by atoms with Gasteiger partial charge in [-0.2, -0.15) is 0 Å². The topological polar surface area (TPSA) is 50.7 Å². The van der Waals surface area contributed by atoms with E-state index in [-0.39, 0.29) is 5.82 Å². The van der Waals surface area contributed by atoms with Crippen molar-refractivity contribution in [2.75, 3.05) is 5.32 Å². The monoisotopic (exact) mass is 354 g/mol. The van der Waals surface area contributed by atoms with Crippen LogP contribution in [0.5, 0.6) is 0 Å². The highest BCUT2D eigenvalue weighted by Crippen LogP contribution is 2.29. The molecule has 1 N–H and O–H groups in total. The minimum Gasteiger partial charge on any atom is -0.340 e. The lowest BCUT2D eigenvalue weighted by Crippen LogP contribution is -2.00. The highest BCUT2D eigenvalue weighted by molar-refractivity contribution is 5.92. The molecule has 27 heavy (non-hydrogen) atoms. The third kappa shape index (κ3) is 2.93. The van der Waals surface area contributed by atoms with Gasteiger partial charge in [-0.15, -0.1) is 0 Å². The van der Waals surface area contributed by atoms with Crippen molar-refractivity contribution >= 4 is 28.5 Å². The van der Waals surface area contributed by atoms with E-state index in [4.69, 9.17) is 4.98 Å². The van der Waals surface area contributed by atoms with E-state index in [0.717, 1.165) is 23.1 Å². The number of allylic oxidation sites excluding steroid dienone is 1. The van der Waals surface area contributed by atoms with E-state index in [1.807, 2.05) is 18.2 Å². The van der Waals surface area contributed by atoms with Crippen LogP contribution in [0.4, 0.5) is 15.9 Å². The average Bonchev–Trinajstić information content (AvgIpc) is 3.16. The Bertz CT molecular complexity index is 1190. The molecule has 0 bridgehead atoms. The number of hydrogen-bond acceptors (Lipinski definition) is 4. The molecule has 0 saturated carbocycles. The predicted molar refractivity (Wildman–Crippen MR) is 105 cm³/mol. The van der Waals surface area contributed by atoms with Crippen LogP contribution in [0.2, 0.25) is 0 Å². The maximum absolute atomic E-state index is 13.8. The summed E-state index contributed by atoms with van der Waals surface area (Å²) in [6.45, 7) is 0. The lowest BCUT2D eigenvalue weighted by Gasteiger charge is -2.12. The van der Waals surface area contributed by atoms with Gasteiger partial charge in [0.25, 0.3) is 0 Å². The fourth-order valence-corrected chi connectivity index (χ4v) is 3.29. The first-order valence-electron chi connectivity index (χ1n) is 8.70. The fraction of sp³-hybridized carbons (Fsp3) is 0.0455. The van der Waals surface area contributed by atoms with Gasteiger partial charge >= 0.3 is 0 Å². The van der Waals surface area contributed by atoms with Crippen molar-refractivity contribution in [1.29, 1.82) is 0 Å². The van der Waals surface area contributed by atoms with Crippen molar-refractivity contribution in [2.24, 2.45) is 0 Å². The molecule has 4 aromatic rings. The summed E-state index contributed by atoms with van der Waals surface area (Å²) in [5.74, 6) is 0.850. The van der Waals surface area contributed by atoms with E-state index < -0.39 is 0 Å². The highest BCUT2D eigenvalue weighted by atomic mass is 19.1. The van der Waals surface area contributed by atoms with Crippen LogP contribution in [0.1, 0.15) is 11.1 Å². The van der Waals surface area contributed by atoms with Crippen molar-refractivity contribution < 1.29 is 4.39 Å². The normalized spacial score (nSPS) is 12.3. The number of hydrogen-bond donors (Lipinski definition) is 1. The quantitative estimate of drug-likeness (QED) is 0.553. The molecular formula is C22H15FN4. The molecule has 1 aliphatic rings. The van der Waals surface area contributed by atoms with Crippen LogP contribution in [0, 0.1) is 5.82 Å². The van der Waals surface area contributed by atoms with Crippen LogP contribution in [-0.2, 0) is 6.42 Å². The molecule has 4 nitrogen and oxygen atoms in total. The Morgan fingerprint density at radius 3 is 2.70 bits per heavy atom. The van der Waals surface area contributed by atoms with Crippen molar-refractivity contribution in [2.45, 2.75) is 6.42 Å². The van der Waals surface area contributed by atoms with Crippen LogP contribution >= 0.6 is 0 Å². The van der Waals surface area contributed by atoms with E-state index in [2.05, 4.69) is 39.6 Å². The Morgan fingerprint density at radius 1 is 0.926 bits per heavy atom. The summed E-state index contributed by atoms with van der Waals surface area (Å²) < 4.78 is 13.8. The lowest BCUT2D eigenvalue weighted by atomic mass is 10.1. The predicted octanol–water partition coefficient (Wildman–Crippen LogP) is 5.14. The number of anilines is 2. The van der Waals surface area contributed by atoms with Gasteiger partial charge in [0, 0.05) is 35.1 Å². The number of nitrogens with zero attached hydrogens (tertiary/aromatic N) is 3. The molecule has 0 atom stereocenters. The molecule has 5 heteroatoms. The van der Waals surface area contributed by atoms with E-state index in [9.17, 15) is 4.39 Å². The molecular weight excluding hydrogens is 339 g/mol. The molecule has 0 aliphatic heterocycles. The number of fused-ring (bicyclic) bond motifs is 2. The molecule has 0 radical (unpaired) electrons. The fourth-order valence-electron chi connectivity index (χ4n) is 3.29. The molecule has 0 spiro atoms. The first kappa shape index (κ1) is 15.6. The Hall–Kier alpha value is -3.60. The maximum atomic E-state index is 13.8. The van der Waals surface area contributed by atoms with Gasteiger partial charge in [0.15, 0.2) is 5.82 Å². The number of pyridine rings is 1. The summed E-state index contributed by atoms with van der Waals surface area (Å²) in [6, 6.07) is 14.5. The van der Waals surface area contributed by atoms with Crippen LogP contribution in [0.3, 0.4) is 0 Å². The molecule has 2 aromatic heterocycles. The van der Waals surface area contributed by atoms with Crippen molar-refractivity contribution in [3.05, 3.63) is 83.9 Å². The smallest absolute Gasteiger partial charge is 0.162 e. The maximum Gasteiger partial charge on any atom is 0.162 e. The summed E-state index contributed by atoms with van der Waals surface area (Å²) in [6.07, 6.45) is 8.62. The molecule has 2 aromatic carbocycles. The molecule has 130 valence electrons. The zero-order chi connectivity index (χ0) is 18.2. The van der Waals surface area contributed by atoms with Gasteiger partial charge in [0.1, 0.15) is 11.6 Å². The first-order valence-corrected chi connectivity index (χ1v) is 8.70. The second-order valence-electron chi connectivity index (χ2n) is 6.44. The molecule has 5 rings (SSSR count). The number of benzene rings is 2. The van der Waals surface area contributed by atoms with E-state index in [1.165, 1.54) is 23.3 Å². The Morgan fingerprint density at radius 2 is 1.81 bits per heavy atom. The Balaban J connectivity index is 1.64. The van der Waals surface area contributed by atoms with Gasteiger partial charge < -0.3 is 5.32 Å². The lowest BCUT2D eigenvalue weighted by molar-refractivity contribution is 0.629. The number of halogens is 1. The van der Waals surface area contributed by atoms with Gasteiger partial charge in [-0.1, -0.05) is 18.2 Å². The van der Waals surface area contributed by atoms with Gasteiger partial charge in [-0.05, 0) is 53.9 Å². The van der Waals surface area contributed by atoms with Gasteiger partial charge in [-0.25, -0.2) is 14.4 Å².